The molecule has 0 N–H and O–H groups in total. The van der Waals surface area contributed by atoms with E-state index in [1.807, 2.05) is 0 Å². The third-order valence-electron chi connectivity index (χ3n) is 1.82. The smallest absolute Gasteiger partial charge is 0.309 e. The van der Waals surface area contributed by atoms with E-state index < -0.39 is 12.3 Å². The van der Waals surface area contributed by atoms with E-state index in [4.69, 9.17) is 6.42 Å². The summed E-state index contributed by atoms with van der Waals surface area (Å²) in [5.74, 6) is 2.21. The number of carbonyl (C=O) groups is 1. The number of hydrogen-bond acceptors (Lipinski definition) is 1. The van der Waals surface area contributed by atoms with Gasteiger partial charge >= 0.3 is 6.03 Å². The van der Waals surface area contributed by atoms with E-state index in [9.17, 15) is 9.18 Å². The summed E-state index contributed by atoms with van der Waals surface area (Å²) in [4.78, 5) is 13.2. The van der Waals surface area contributed by atoms with Crippen LogP contribution in [-0.4, -0.2) is 42.3 Å². The second-order valence-electron chi connectivity index (χ2n) is 2.49. The lowest BCUT2D eigenvalue weighted by Crippen LogP contribution is -2.30. The van der Waals surface area contributed by atoms with Crippen LogP contribution < -0.4 is 0 Å². The van der Waals surface area contributed by atoms with Crippen molar-refractivity contribution in [3.8, 4) is 12.3 Å². The van der Waals surface area contributed by atoms with Crippen LogP contribution in [0.25, 0.3) is 0 Å². The van der Waals surface area contributed by atoms with Crippen LogP contribution >= 0.6 is 0 Å². The first-order valence-corrected chi connectivity index (χ1v) is 3.19. The highest BCUT2D eigenvalue weighted by Crippen LogP contribution is 2.19. The van der Waals surface area contributed by atoms with Crippen molar-refractivity contribution in [2.75, 3.05) is 14.1 Å². The summed E-state index contributed by atoms with van der Waals surface area (Å²) >= 11 is 0. The van der Waals surface area contributed by atoms with Gasteiger partial charge in [0.05, 0.1) is 0 Å². The minimum Gasteiger partial charge on any atom is -0.309 e. The normalized spacial score (nSPS) is 30.9. The van der Waals surface area contributed by atoms with Gasteiger partial charge in [0, 0.05) is 14.1 Å². The summed E-state index contributed by atoms with van der Waals surface area (Å²) in [7, 11) is 2.88. The van der Waals surface area contributed by atoms with E-state index in [1.165, 1.54) is 19.0 Å². The molecule has 4 heteroatoms. The number of halogens is 1. The molecule has 0 aliphatic carbocycles. The van der Waals surface area contributed by atoms with Gasteiger partial charge in [0.25, 0.3) is 0 Å². The first-order chi connectivity index (χ1) is 5.09. The average Bonchev–Trinajstić information content (AvgIpc) is 2.17. The molecule has 0 aromatic heterocycles. The maximum Gasteiger partial charge on any atom is 0.323 e. The molecule has 2 atom stereocenters. The van der Waals surface area contributed by atoms with Crippen molar-refractivity contribution in [2.24, 2.45) is 0 Å². The lowest BCUT2D eigenvalue weighted by Gasteiger charge is -2.11. The molecule has 1 aliphatic rings. The van der Waals surface area contributed by atoms with Crippen LogP contribution in [0.2, 0.25) is 0 Å². The molecule has 60 valence electrons. The van der Waals surface area contributed by atoms with Gasteiger partial charge in [-0.15, -0.1) is 6.42 Å². The van der Waals surface area contributed by atoms with Crippen molar-refractivity contribution in [1.82, 2.24) is 9.80 Å². The largest absolute Gasteiger partial charge is 0.323 e. The maximum absolute atomic E-state index is 13.0. The van der Waals surface area contributed by atoms with Gasteiger partial charge in [0.15, 0.2) is 0 Å². The topological polar surface area (TPSA) is 23.6 Å². The van der Waals surface area contributed by atoms with Gasteiger partial charge in [0.2, 0.25) is 6.30 Å². The highest BCUT2D eigenvalue weighted by Gasteiger charge is 2.40. The van der Waals surface area contributed by atoms with Crippen LogP contribution in [0.3, 0.4) is 0 Å². The van der Waals surface area contributed by atoms with Crippen molar-refractivity contribution in [2.45, 2.75) is 12.3 Å². The monoisotopic (exact) mass is 156 g/mol. The first-order valence-electron chi connectivity index (χ1n) is 3.19. The zero-order valence-corrected chi connectivity index (χ0v) is 6.41. The predicted molar refractivity (Wildman–Crippen MR) is 38.4 cm³/mol. The third kappa shape index (κ3) is 0.929. The molecule has 0 bridgehead atoms. The highest BCUT2D eigenvalue weighted by molar-refractivity contribution is 5.77. The Labute approximate surface area is 64.8 Å². The fraction of sp³-hybridized carbons (Fsp3) is 0.571. The minimum absolute atomic E-state index is 0.375. The van der Waals surface area contributed by atoms with Crippen LogP contribution in [0, 0.1) is 12.3 Å². The van der Waals surface area contributed by atoms with E-state index in [-0.39, 0.29) is 6.03 Å². The Morgan fingerprint density at radius 3 is 2.27 bits per heavy atom. The van der Waals surface area contributed by atoms with Gasteiger partial charge in [0.1, 0.15) is 6.04 Å². The number of amides is 2. The molecule has 2 amide bonds. The van der Waals surface area contributed by atoms with Crippen LogP contribution in [0.5, 0.6) is 0 Å². The molecule has 1 saturated heterocycles. The van der Waals surface area contributed by atoms with Crippen molar-refractivity contribution < 1.29 is 9.18 Å². The maximum atomic E-state index is 13.0. The van der Waals surface area contributed by atoms with Crippen molar-refractivity contribution in [3.05, 3.63) is 0 Å². The lowest BCUT2D eigenvalue weighted by molar-refractivity contribution is 0.159. The van der Waals surface area contributed by atoms with E-state index in [2.05, 4.69) is 5.92 Å². The molecule has 2 unspecified atom stereocenters. The van der Waals surface area contributed by atoms with Gasteiger partial charge in [-0.2, -0.15) is 0 Å². The fourth-order valence-electron chi connectivity index (χ4n) is 1.06. The Bertz CT molecular complexity index is 223. The van der Waals surface area contributed by atoms with Gasteiger partial charge in [-0.1, -0.05) is 5.92 Å². The van der Waals surface area contributed by atoms with E-state index >= 15 is 0 Å². The Morgan fingerprint density at radius 1 is 1.55 bits per heavy atom. The van der Waals surface area contributed by atoms with Crippen LogP contribution in [-0.2, 0) is 0 Å². The molecule has 0 aromatic rings. The predicted octanol–water partition coefficient (Wildman–Crippen LogP) is 0.281. The Kier molecular flexibility index (Phi) is 1.73. The number of rotatable bonds is 0. The van der Waals surface area contributed by atoms with Crippen molar-refractivity contribution in [3.63, 3.8) is 0 Å². The average molecular weight is 156 g/mol. The van der Waals surface area contributed by atoms with Crippen molar-refractivity contribution >= 4 is 6.03 Å². The summed E-state index contributed by atoms with van der Waals surface area (Å²) in [6.07, 6.45) is 3.65. The van der Waals surface area contributed by atoms with Crippen LogP contribution in [0.1, 0.15) is 0 Å². The fourth-order valence-corrected chi connectivity index (χ4v) is 1.06. The molecule has 0 spiro atoms. The van der Waals surface area contributed by atoms with Gasteiger partial charge in [-0.3, -0.25) is 4.90 Å². The van der Waals surface area contributed by atoms with E-state index in [1.54, 1.807) is 0 Å². The molecule has 1 fully saturated rings. The van der Waals surface area contributed by atoms with Crippen molar-refractivity contribution in [1.29, 1.82) is 0 Å². The molecule has 0 aromatic carbocycles. The minimum atomic E-state index is -1.38. The number of nitrogens with zero attached hydrogens (tertiary/aromatic N) is 2. The summed E-state index contributed by atoms with van der Waals surface area (Å²) in [5, 5.41) is 0. The third-order valence-corrected chi connectivity index (χ3v) is 1.82. The number of alkyl halides is 1. The van der Waals surface area contributed by atoms with Crippen LogP contribution in [0.4, 0.5) is 9.18 Å². The number of hydrogen-bond donors (Lipinski definition) is 0. The standard InChI is InChI=1S/C7H9FN2O/c1-4-5-6(8)10(3)7(11)9(5)2/h1,5-6H,2-3H3. The molecule has 1 heterocycles. The second-order valence-corrected chi connectivity index (χ2v) is 2.49. The van der Waals surface area contributed by atoms with Gasteiger partial charge in [-0.25, -0.2) is 9.18 Å². The van der Waals surface area contributed by atoms with E-state index in [0.717, 1.165) is 4.90 Å². The summed E-state index contributed by atoms with van der Waals surface area (Å²) in [5.41, 5.74) is 0. The SMILES string of the molecule is C#CC1C(F)N(C)C(=O)N1C. The Morgan fingerprint density at radius 2 is 2.09 bits per heavy atom. The molecular weight excluding hydrogens is 147 g/mol. The number of terminal acetylenes is 1. The quantitative estimate of drug-likeness (QED) is 0.365. The molecule has 3 nitrogen and oxygen atoms in total. The van der Waals surface area contributed by atoms with Gasteiger partial charge < -0.3 is 4.90 Å². The molecule has 11 heavy (non-hydrogen) atoms. The molecule has 1 aliphatic heterocycles. The summed E-state index contributed by atoms with van der Waals surface area (Å²) in [6, 6.07) is -1.12. The number of carbonyl (C=O) groups excluding carboxylic acids is 1. The molecule has 1 rings (SSSR count). The van der Waals surface area contributed by atoms with Crippen LogP contribution in [0.15, 0.2) is 0 Å². The van der Waals surface area contributed by atoms with Gasteiger partial charge in [-0.05, 0) is 0 Å². The molecular formula is C7H9FN2O. The highest BCUT2D eigenvalue weighted by atomic mass is 19.1. The zero-order valence-electron chi connectivity index (χ0n) is 6.41. The Hall–Kier alpha value is -1.24. The Balaban J connectivity index is 2.88. The summed E-state index contributed by atoms with van der Waals surface area (Å²) in [6.45, 7) is 0. The lowest BCUT2D eigenvalue weighted by atomic mass is 10.3. The molecule has 0 saturated carbocycles. The zero-order chi connectivity index (χ0) is 8.59. The first kappa shape index (κ1) is 7.86. The molecule has 0 radical (unpaired) electrons. The number of likely N-dealkylation sites (N-methyl/N-ethyl adjacent to an activating group) is 2. The second kappa shape index (κ2) is 2.42. The summed E-state index contributed by atoms with van der Waals surface area (Å²) < 4.78 is 13.0. The van der Waals surface area contributed by atoms with E-state index in [0.29, 0.717) is 0 Å². The number of urea groups is 1.